The molecule has 0 amide bonds. The first-order valence-electron chi connectivity index (χ1n) is 6.61. The zero-order valence-corrected chi connectivity index (χ0v) is 11.3. The number of hydrogen-bond donors (Lipinski definition) is 1. The first-order valence-corrected chi connectivity index (χ1v) is 6.61. The van der Waals surface area contributed by atoms with Crippen LogP contribution in [0.1, 0.15) is 34.1 Å². The molecular weight excluding hydrogens is 236 g/mol. The predicted molar refractivity (Wildman–Crippen MR) is 75.4 cm³/mol. The van der Waals surface area contributed by atoms with Gasteiger partial charge in [0.25, 0.3) is 0 Å². The van der Waals surface area contributed by atoms with E-state index in [1.807, 2.05) is 26.0 Å². The Bertz CT molecular complexity index is 622. The Hall–Kier alpha value is -1.87. The van der Waals surface area contributed by atoms with Gasteiger partial charge < -0.3 is 10.5 Å². The molecule has 1 aromatic heterocycles. The van der Waals surface area contributed by atoms with E-state index in [2.05, 4.69) is 23.2 Å². The molecule has 0 spiro atoms. The summed E-state index contributed by atoms with van der Waals surface area (Å²) in [7, 11) is 0. The van der Waals surface area contributed by atoms with Crippen molar-refractivity contribution in [3.8, 4) is 5.75 Å². The molecule has 0 saturated heterocycles. The monoisotopic (exact) mass is 254 g/mol. The second kappa shape index (κ2) is 4.67. The summed E-state index contributed by atoms with van der Waals surface area (Å²) in [6.07, 6.45) is 0.973. The van der Waals surface area contributed by atoms with Gasteiger partial charge in [0, 0.05) is 23.4 Å². The first kappa shape index (κ1) is 12.2. The van der Waals surface area contributed by atoms with Crippen LogP contribution in [0, 0.1) is 13.8 Å². The van der Waals surface area contributed by atoms with E-state index < -0.39 is 0 Å². The second-order valence-corrected chi connectivity index (χ2v) is 5.04. The van der Waals surface area contributed by atoms with Gasteiger partial charge >= 0.3 is 0 Å². The number of hydrogen-bond acceptors (Lipinski definition) is 3. The van der Waals surface area contributed by atoms with Crippen molar-refractivity contribution in [3.63, 3.8) is 0 Å². The smallest absolute Gasteiger partial charge is 0.127 e. The molecular formula is C16H18N2O. The Balaban J connectivity index is 2.05. The molecule has 1 aliphatic heterocycles. The van der Waals surface area contributed by atoms with Crippen LogP contribution in [0.25, 0.3) is 0 Å². The predicted octanol–water partition coefficient (Wildman–Crippen LogP) is 2.68. The van der Waals surface area contributed by atoms with Crippen LogP contribution < -0.4 is 10.5 Å². The molecule has 0 aliphatic carbocycles. The van der Waals surface area contributed by atoms with Gasteiger partial charge in [0.15, 0.2) is 0 Å². The fourth-order valence-corrected chi connectivity index (χ4v) is 2.68. The third kappa shape index (κ3) is 2.10. The summed E-state index contributed by atoms with van der Waals surface area (Å²) in [5.74, 6) is 0.968. The number of nitrogens with zero attached hydrogens (tertiary/aromatic N) is 1. The molecule has 0 fully saturated rings. The molecule has 1 aromatic carbocycles. The van der Waals surface area contributed by atoms with Crippen LogP contribution in [0.5, 0.6) is 5.75 Å². The SMILES string of the molecule is Cc1ccc(C(N)c2cccc3c2OCC3)c(C)n1. The minimum atomic E-state index is -0.179. The zero-order valence-electron chi connectivity index (χ0n) is 11.3. The molecule has 2 N–H and O–H groups in total. The molecule has 3 rings (SSSR count). The number of aromatic nitrogens is 1. The third-order valence-electron chi connectivity index (χ3n) is 3.68. The highest BCUT2D eigenvalue weighted by atomic mass is 16.5. The normalized spacial score (nSPS) is 14.9. The minimum absolute atomic E-state index is 0.179. The van der Waals surface area contributed by atoms with Gasteiger partial charge in [0.05, 0.1) is 12.6 Å². The van der Waals surface area contributed by atoms with Gasteiger partial charge in [0.1, 0.15) is 5.75 Å². The van der Waals surface area contributed by atoms with Crippen molar-refractivity contribution >= 4 is 0 Å². The number of nitrogens with two attached hydrogens (primary N) is 1. The summed E-state index contributed by atoms with van der Waals surface area (Å²) in [4.78, 5) is 4.49. The van der Waals surface area contributed by atoms with E-state index in [-0.39, 0.29) is 6.04 Å². The van der Waals surface area contributed by atoms with Crippen LogP contribution in [0.3, 0.4) is 0 Å². The lowest BCUT2D eigenvalue weighted by atomic mass is 9.95. The number of benzene rings is 1. The van der Waals surface area contributed by atoms with E-state index in [1.54, 1.807) is 0 Å². The number of ether oxygens (including phenoxy) is 1. The van der Waals surface area contributed by atoms with E-state index in [0.717, 1.165) is 41.3 Å². The van der Waals surface area contributed by atoms with E-state index in [9.17, 15) is 0 Å². The number of pyridine rings is 1. The van der Waals surface area contributed by atoms with Gasteiger partial charge in [-0.3, -0.25) is 4.98 Å². The fraction of sp³-hybridized carbons (Fsp3) is 0.312. The Morgan fingerprint density at radius 3 is 2.79 bits per heavy atom. The van der Waals surface area contributed by atoms with E-state index >= 15 is 0 Å². The van der Waals surface area contributed by atoms with Crippen LogP contribution in [0.4, 0.5) is 0 Å². The molecule has 0 radical (unpaired) electrons. The Kier molecular flexibility index (Phi) is 2.99. The standard InChI is InChI=1S/C16H18N2O/c1-10-6-7-13(11(2)18-10)15(17)14-5-3-4-12-8-9-19-16(12)14/h3-7,15H,8-9,17H2,1-2H3. The summed E-state index contributed by atoms with van der Waals surface area (Å²) in [5, 5.41) is 0. The van der Waals surface area contributed by atoms with Crippen molar-refractivity contribution in [2.24, 2.45) is 5.73 Å². The Morgan fingerprint density at radius 1 is 1.16 bits per heavy atom. The molecule has 2 aromatic rings. The van der Waals surface area contributed by atoms with Crippen molar-refractivity contribution in [2.75, 3.05) is 6.61 Å². The number of rotatable bonds is 2. The highest BCUT2D eigenvalue weighted by Crippen LogP contribution is 2.35. The fourth-order valence-electron chi connectivity index (χ4n) is 2.68. The van der Waals surface area contributed by atoms with Crippen molar-refractivity contribution in [3.05, 3.63) is 58.4 Å². The maximum Gasteiger partial charge on any atom is 0.127 e. The quantitative estimate of drug-likeness (QED) is 0.896. The summed E-state index contributed by atoms with van der Waals surface area (Å²) < 4.78 is 5.74. The largest absolute Gasteiger partial charge is 0.493 e. The van der Waals surface area contributed by atoms with E-state index in [4.69, 9.17) is 10.5 Å². The topological polar surface area (TPSA) is 48.1 Å². The highest BCUT2D eigenvalue weighted by molar-refractivity contribution is 5.49. The van der Waals surface area contributed by atoms with Crippen molar-refractivity contribution < 1.29 is 4.74 Å². The van der Waals surface area contributed by atoms with Gasteiger partial charge in [-0.25, -0.2) is 0 Å². The van der Waals surface area contributed by atoms with Crippen LogP contribution in [-0.4, -0.2) is 11.6 Å². The number of para-hydroxylation sites is 1. The first-order chi connectivity index (χ1) is 9.16. The average Bonchev–Trinajstić information content (AvgIpc) is 2.86. The second-order valence-electron chi connectivity index (χ2n) is 5.04. The van der Waals surface area contributed by atoms with Crippen molar-refractivity contribution in [1.82, 2.24) is 4.98 Å². The lowest BCUT2D eigenvalue weighted by molar-refractivity contribution is 0.352. The summed E-state index contributed by atoms with van der Waals surface area (Å²) in [6.45, 7) is 4.75. The molecule has 19 heavy (non-hydrogen) atoms. The maximum absolute atomic E-state index is 6.42. The molecule has 98 valence electrons. The molecule has 0 bridgehead atoms. The number of aryl methyl sites for hydroxylation is 2. The lowest BCUT2D eigenvalue weighted by Gasteiger charge is -2.17. The van der Waals surface area contributed by atoms with E-state index in [1.165, 1.54) is 5.56 Å². The van der Waals surface area contributed by atoms with Crippen LogP contribution in [-0.2, 0) is 6.42 Å². The van der Waals surface area contributed by atoms with Crippen LogP contribution in [0.15, 0.2) is 30.3 Å². The summed E-state index contributed by atoms with van der Waals surface area (Å²) in [5.41, 5.74) is 11.8. The molecule has 3 heteroatoms. The van der Waals surface area contributed by atoms with Gasteiger partial charge in [-0.15, -0.1) is 0 Å². The molecule has 1 atom stereocenters. The minimum Gasteiger partial charge on any atom is -0.493 e. The Morgan fingerprint density at radius 2 is 2.00 bits per heavy atom. The third-order valence-corrected chi connectivity index (χ3v) is 3.68. The summed E-state index contributed by atoms with van der Waals surface area (Å²) in [6, 6.07) is 10.1. The van der Waals surface area contributed by atoms with Crippen LogP contribution >= 0.6 is 0 Å². The van der Waals surface area contributed by atoms with Gasteiger partial charge in [0.2, 0.25) is 0 Å². The zero-order chi connectivity index (χ0) is 13.4. The number of fused-ring (bicyclic) bond motifs is 1. The molecule has 0 saturated carbocycles. The molecule has 3 nitrogen and oxygen atoms in total. The summed E-state index contributed by atoms with van der Waals surface area (Å²) >= 11 is 0. The Labute approximate surface area is 113 Å². The highest BCUT2D eigenvalue weighted by Gasteiger charge is 2.22. The van der Waals surface area contributed by atoms with Crippen LogP contribution in [0.2, 0.25) is 0 Å². The average molecular weight is 254 g/mol. The van der Waals surface area contributed by atoms with Gasteiger partial charge in [-0.1, -0.05) is 24.3 Å². The lowest BCUT2D eigenvalue weighted by Crippen LogP contribution is -2.15. The maximum atomic E-state index is 6.42. The molecule has 1 aliphatic rings. The van der Waals surface area contributed by atoms with Crippen molar-refractivity contribution in [1.29, 1.82) is 0 Å². The van der Waals surface area contributed by atoms with E-state index in [0.29, 0.717) is 0 Å². The van der Waals surface area contributed by atoms with Crippen molar-refractivity contribution in [2.45, 2.75) is 26.3 Å². The molecule has 2 heterocycles. The van der Waals surface area contributed by atoms with Gasteiger partial charge in [-0.05, 0) is 31.0 Å². The molecule has 1 unspecified atom stereocenters. The van der Waals surface area contributed by atoms with Gasteiger partial charge in [-0.2, -0.15) is 0 Å².